The Morgan fingerprint density at radius 3 is 2.67 bits per heavy atom. The van der Waals surface area contributed by atoms with Crippen LogP contribution in [0.25, 0.3) is 0 Å². The van der Waals surface area contributed by atoms with E-state index in [4.69, 9.17) is 4.74 Å². The second kappa shape index (κ2) is 3.30. The van der Waals surface area contributed by atoms with Crippen LogP contribution in [0, 0.1) is 6.92 Å². The maximum absolute atomic E-state index is 10.1. The van der Waals surface area contributed by atoms with E-state index in [1.165, 1.54) is 0 Å². The Kier molecular flexibility index (Phi) is 2.34. The molecule has 0 radical (unpaired) electrons. The number of hydrogen-bond acceptors (Lipinski definition) is 3. The molecule has 15 heavy (non-hydrogen) atoms. The average Bonchev–Trinajstić information content (AvgIpc) is 2.71. The van der Waals surface area contributed by atoms with Gasteiger partial charge in [0, 0.05) is 12.0 Å². The fraction of sp³-hybridized carbons (Fsp3) is 0.500. The zero-order chi connectivity index (χ0) is 11.1. The molecule has 1 aromatic carbocycles. The number of epoxide rings is 1. The summed E-state index contributed by atoms with van der Waals surface area (Å²) in [6.07, 6.45) is 1.21. The number of hydrogen-bond donors (Lipinski definition) is 2. The number of aryl methyl sites for hydroxylation is 1. The van der Waals surface area contributed by atoms with Crippen molar-refractivity contribution in [2.45, 2.75) is 38.3 Å². The van der Waals surface area contributed by atoms with Gasteiger partial charge in [-0.1, -0.05) is 43.2 Å². The summed E-state index contributed by atoms with van der Waals surface area (Å²) < 4.78 is 5.08. The number of aliphatic hydroxyl groups is 2. The van der Waals surface area contributed by atoms with Crippen LogP contribution in [0.5, 0.6) is 0 Å². The van der Waals surface area contributed by atoms with Crippen molar-refractivity contribution in [1.29, 1.82) is 0 Å². The second-order valence-corrected chi connectivity index (χ2v) is 4.15. The standard InChI is InChI=1S/C12H16O3/c1-3-7-11(13)12(14,15-11)10-6-4-5-9(2)8-10/h4-6,8,13-14H,3,7H2,1-2H3. The fourth-order valence-corrected chi connectivity index (χ4v) is 1.92. The summed E-state index contributed by atoms with van der Waals surface area (Å²) in [5.41, 5.74) is 1.66. The van der Waals surface area contributed by atoms with Crippen LogP contribution < -0.4 is 0 Å². The third-order valence-corrected chi connectivity index (χ3v) is 2.80. The summed E-state index contributed by atoms with van der Waals surface area (Å²) in [6.45, 7) is 3.88. The highest BCUT2D eigenvalue weighted by Crippen LogP contribution is 2.54. The second-order valence-electron chi connectivity index (χ2n) is 4.15. The molecule has 1 saturated heterocycles. The van der Waals surface area contributed by atoms with Crippen molar-refractivity contribution in [3.8, 4) is 0 Å². The normalized spacial score (nSPS) is 34.1. The van der Waals surface area contributed by atoms with Gasteiger partial charge in [0.15, 0.2) is 0 Å². The van der Waals surface area contributed by atoms with E-state index in [0.29, 0.717) is 12.0 Å². The van der Waals surface area contributed by atoms with Gasteiger partial charge in [-0.05, 0) is 6.92 Å². The summed E-state index contributed by atoms with van der Waals surface area (Å²) >= 11 is 0. The van der Waals surface area contributed by atoms with Crippen LogP contribution in [-0.2, 0) is 10.5 Å². The molecular formula is C12H16O3. The van der Waals surface area contributed by atoms with Crippen molar-refractivity contribution in [3.05, 3.63) is 35.4 Å². The third kappa shape index (κ3) is 1.57. The lowest BCUT2D eigenvalue weighted by molar-refractivity contribution is 0.0118. The van der Waals surface area contributed by atoms with E-state index in [9.17, 15) is 10.2 Å². The Balaban J connectivity index is 2.26. The molecule has 0 amide bonds. The van der Waals surface area contributed by atoms with Crippen molar-refractivity contribution in [3.63, 3.8) is 0 Å². The molecule has 0 aromatic heterocycles. The number of rotatable bonds is 3. The smallest absolute Gasteiger partial charge is 0.251 e. The molecule has 0 spiro atoms. The summed E-state index contributed by atoms with van der Waals surface area (Å²) in [4.78, 5) is 0. The quantitative estimate of drug-likeness (QED) is 0.743. The Bertz CT molecular complexity index is 377. The number of ether oxygens (including phenoxy) is 1. The Hall–Kier alpha value is -0.900. The molecule has 2 atom stereocenters. The largest absolute Gasteiger partial charge is 0.361 e. The van der Waals surface area contributed by atoms with E-state index in [1.54, 1.807) is 6.07 Å². The van der Waals surface area contributed by atoms with Crippen molar-refractivity contribution >= 4 is 0 Å². The first-order valence-corrected chi connectivity index (χ1v) is 5.24. The predicted octanol–water partition coefficient (Wildman–Crippen LogP) is 1.66. The van der Waals surface area contributed by atoms with Gasteiger partial charge in [-0.15, -0.1) is 0 Å². The molecule has 2 N–H and O–H groups in total. The van der Waals surface area contributed by atoms with Crippen molar-refractivity contribution in [1.82, 2.24) is 0 Å². The van der Waals surface area contributed by atoms with Gasteiger partial charge >= 0.3 is 0 Å². The van der Waals surface area contributed by atoms with Crippen LogP contribution in [0.1, 0.15) is 30.9 Å². The molecular weight excluding hydrogens is 192 g/mol. The molecule has 1 aliphatic rings. The summed E-state index contributed by atoms with van der Waals surface area (Å²) in [6, 6.07) is 7.37. The molecule has 1 aromatic rings. The van der Waals surface area contributed by atoms with Gasteiger partial charge in [0.1, 0.15) is 0 Å². The van der Waals surface area contributed by atoms with E-state index in [0.717, 1.165) is 12.0 Å². The van der Waals surface area contributed by atoms with E-state index in [-0.39, 0.29) is 0 Å². The highest BCUT2D eigenvalue weighted by atomic mass is 16.8. The van der Waals surface area contributed by atoms with E-state index in [2.05, 4.69) is 0 Å². The molecule has 3 nitrogen and oxygen atoms in total. The van der Waals surface area contributed by atoms with Gasteiger partial charge in [0.25, 0.3) is 5.79 Å². The van der Waals surface area contributed by atoms with Gasteiger partial charge in [0.05, 0.1) is 0 Å². The summed E-state index contributed by atoms with van der Waals surface area (Å²) in [5.74, 6) is -2.90. The van der Waals surface area contributed by atoms with E-state index in [1.807, 2.05) is 32.0 Å². The predicted molar refractivity (Wildman–Crippen MR) is 56.0 cm³/mol. The molecule has 0 bridgehead atoms. The lowest BCUT2D eigenvalue weighted by Gasteiger charge is -2.10. The lowest BCUT2D eigenvalue weighted by Crippen LogP contribution is -2.23. The maximum Gasteiger partial charge on any atom is 0.251 e. The highest BCUT2D eigenvalue weighted by molar-refractivity contribution is 5.31. The first-order valence-electron chi connectivity index (χ1n) is 5.24. The minimum atomic E-state index is -1.50. The Morgan fingerprint density at radius 1 is 1.33 bits per heavy atom. The van der Waals surface area contributed by atoms with Gasteiger partial charge in [-0.2, -0.15) is 0 Å². The van der Waals surface area contributed by atoms with E-state index >= 15 is 0 Å². The van der Waals surface area contributed by atoms with Crippen LogP contribution in [-0.4, -0.2) is 16.0 Å². The Morgan fingerprint density at radius 2 is 2.07 bits per heavy atom. The SMILES string of the molecule is CCCC1(O)OC1(O)c1cccc(C)c1. The monoisotopic (exact) mass is 208 g/mol. The van der Waals surface area contributed by atoms with Gasteiger partial charge in [-0.3, -0.25) is 0 Å². The summed E-state index contributed by atoms with van der Waals surface area (Å²) in [5, 5.41) is 20.0. The summed E-state index contributed by atoms with van der Waals surface area (Å²) in [7, 11) is 0. The van der Waals surface area contributed by atoms with Crippen LogP contribution in [0.15, 0.2) is 24.3 Å². The topological polar surface area (TPSA) is 53.0 Å². The molecule has 0 aliphatic carbocycles. The first kappa shape index (κ1) is 10.6. The highest BCUT2D eigenvalue weighted by Gasteiger charge is 2.70. The molecule has 0 saturated carbocycles. The molecule has 2 rings (SSSR count). The lowest BCUT2D eigenvalue weighted by atomic mass is 10.00. The third-order valence-electron chi connectivity index (χ3n) is 2.80. The van der Waals surface area contributed by atoms with E-state index < -0.39 is 11.6 Å². The van der Waals surface area contributed by atoms with Gasteiger partial charge < -0.3 is 14.9 Å². The molecule has 2 unspecified atom stereocenters. The van der Waals surface area contributed by atoms with Gasteiger partial charge in [0.2, 0.25) is 5.79 Å². The van der Waals surface area contributed by atoms with Crippen LogP contribution in [0.2, 0.25) is 0 Å². The first-order chi connectivity index (χ1) is 7.02. The molecule has 3 heteroatoms. The zero-order valence-electron chi connectivity index (χ0n) is 9.03. The molecule has 1 fully saturated rings. The van der Waals surface area contributed by atoms with Crippen molar-refractivity contribution in [2.24, 2.45) is 0 Å². The number of benzene rings is 1. The minimum Gasteiger partial charge on any atom is -0.361 e. The van der Waals surface area contributed by atoms with Crippen LogP contribution >= 0.6 is 0 Å². The maximum atomic E-state index is 10.1. The Labute approximate surface area is 89.3 Å². The van der Waals surface area contributed by atoms with Crippen molar-refractivity contribution in [2.75, 3.05) is 0 Å². The van der Waals surface area contributed by atoms with Crippen LogP contribution in [0.3, 0.4) is 0 Å². The molecule has 82 valence electrons. The molecule has 1 heterocycles. The van der Waals surface area contributed by atoms with Crippen LogP contribution in [0.4, 0.5) is 0 Å². The zero-order valence-corrected chi connectivity index (χ0v) is 9.03. The molecule has 1 aliphatic heterocycles. The average molecular weight is 208 g/mol. The van der Waals surface area contributed by atoms with Crippen molar-refractivity contribution < 1.29 is 14.9 Å². The minimum absolute atomic E-state index is 0.442. The fourth-order valence-electron chi connectivity index (χ4n) is 1.92. The van der Waals surface area contributed by atoms with Gasteiger partial charge in [-0.25, -0.2) is 0 Å².